The Bertz CT molecular complexity index is 838. The van der Waals surface area contributed by atoms with E-state index in [9.17, 15) is 14.4 Å². The average Bonchev–Trinajstić information content (AvgIpc) is 3.16. The van der Waals surface area contributed by atoms with Crippen LogP contribution in [0.25, 0.3) is 0 Å². The van der Waals surface area contributed by atoms with Crippen molar-refractivity contribution in [3.8, 4) is 0 Å². The van der Waals surface area contributed by atoms with Gasteiger partial charge >= 0.3 is 6.03 Å². The van der Waals surface area contributed by atoms with Gasteiger partial charge in [0.1, 0.15) is 6.04 Å². The summed E-state index contributed by atoms with van der Waals surface area (Å²) in [6, 6.07) is 6.26. The van der Waals surface area contributed by atoms with Gasteiger partial charge in [0.05, 0.1) is 5.69 Å². The molecular weight excluding hydrogens is 354 g/mol. The molecular formula is C22H27N3O3. The number of amides is 4. The lowest BCUT2D eigenvalue weighted by Crippen LogP contribution is -2.35. The third-order valence-corrected chi connectivity index (χ3v) is 7.33. The molecule has 3 aliphatic carbocycles. The number of nitrogens with zero attached hydrogens (tertiary/aromatic N) is 1. The maximum Gasteiger partial charge on any atom is 0.329 e. The minimum atomic E-state index is -0.631. The highest BCUT2D eigenvalue weighted by Crippen LogP contribution is 2.67. The zero-order valence-corrected chi connectivity index (χ0v) is 16.2. The summed E-state index contributed by atoms with van der Waals surface area (Å²) < 4.78 is 0. The third-order valence-electron chi connectivity index (χ3n) is 7.33. The van der Waals surface area contributed by atoms with Gasteiger partial charge in [-0.15, -0.1) is 0 Å². The number of nitrogens with one attached hydrogen (secondary N) is 2. The molecule has 6 heteroatoms. The van der Waals surface area contributed by atoms with Crippen molar-refractivity contribution in [3.63, 3.8) is 0 Å². The van der Waals surface area contributed by atoms with Crippen LogP contribution in [0.4, 0.5) is 10.5 Å². The van der Waals surface area contributed by atoms with Gasteiger partial charge in [-0.25, -0.2) is 9.69 Å². The zero-order chi connectivity index (χ0) is 19.4. The van der Waals surface area contributed by atoms with Crippen molar-refractivity contribution in [2.24, 2.45) is 29.6 Å². The van der Waals surface area contributed by atoms with Gasteiger partial charge in [-0.1, -0.05) is 12.1 Å². The first-order valence-electron chi connectivity index (χ1n) is 10.5. The number of carbonyl (C=O) groups is 3. The van der Waals surface area contributed by atoms with Gasteiger partial charge in [-0.2, -0.15) is 0 Å². The molecule has 4 amide bonds. The minimum absolute atomic E-state index is 0.0221. The van der Waals surface area contributed by atoms with Crippen molar-refractivity contribution in [2.75, 3.05) is 11.4 Å². The first kappa shape index (κ1) is 17.7. The van der Waals surface area contributed by atoms with Crippen LogP contribution in [0, 0.1) is 36.5 Å². The smallest absolute Gasteiger partial charge is 0.329 e. The standard InChI is InChI=1S/C22H27N3O3/c1-12-3-2-4-15(7-12)25-21(27)19(24-22(25)28)5-6-20(26)23-11-14-8-13-9-16(14)18-10-17(13)18/h2-4,7,13-14,16-19H,5-6,8-11H2,1H3,(H,23,26)(H,24,28). The van der Waals surface area contributed by atoms with Gasteiger partial charge in [0, 0.05) is 13.0 Å². The lowest BCUT2D eigenvalue weighted by Gasteiger charge is -2.21. The molecule has 0 aromatic heterocycles. The quantitative estimate of drug-likeness (QED) is 0.744. The first-order valence-corrected chi connectivity index (χ1v) is 10.5. The van der Waals surface area contributed by atoms with Gasteiger partial charge in [0.25, 0.3) is 5.91 Å². The number of urea groups is 1. The Morgan fingerprint density at radius 1 is 1.18 bits per heavy atom. The van der Waals surface area contributed by atoms with Crippen LogP contribution in [0.3, 0.4) is 0 Å². The lowest BCUT2D eigenvalue weighted by molar-refractivity contribution is -0.122. The van der Waals surface area contributed by atoms with E-state index < -0.39 is 12.1 Å². The van der Waals surface area contributed by atoms with E-state index in [1.165, 1.54) is 24.2 Å². The Labute approximate surface area is 165 Å². The summed E-state index contributed by atoms with van der Waals surface area (Å²) in [4.78, 5) is 38.4. The SMILES string of the molecule is Cc1cccc(N2C(=O)NC(CCC(=O)NCC3CC4CC3C3CC43)C2=O)c1. The van der Waals surface area contributed by atoms with Gasteiger partial charge in [-0.3, -0.25) is 9.59 Å². The van der Waals surface area contributed by atoms with Crippen LogP contribution in [-0.4, -0.2) is 30.4 Å². The van der Waals surface area contributed by atoms with Gasteiger partial charge < -0.3 is 10.6 Å². The van der Waals surface area contributed by atoms with Crippen LogP contribution in [0.5, 0.6) is 0 Å². The second-order valence-corrected chi connectivity index (χ2v) is 9.08. The van der Waals surface area contributed by atoms with Crippen LogP contribution >= 0.6 is 0 Å². The number of hydrogen-bond acceptors (Lipinski definition) is 3. The number of aryl methyl sites for hydroxylation is 1. The molecule has 6 nitrogen and oxygen atoms in total. The highest BCUT2D eigenvalue weighted by molar-refractivity contribution is 6.21. The Morgan fingerprint density at radius 3 is 2.79 bits per heavy atom. The summed E-state index contributed by atoms with van der Waals surface area (Å²) >= 11 is 0. The van der Waals surface area contributed by atoms with Gasteiger partial charge in [-0.05, 0) is 79.9 Å². The predicted octanol–water partition coefficient (Wildman–Crippen LogP) is 2.61. The number of anilines is 1. The Morgan fingerprint density at radius 2 is 2.04 bits per heavy atom. The van der Waals surface area contributed by atoms with Crippen molar-refractivity contribution < 1.29 is 14.4 Å². The molecule has 148 valence electrons. The molecule has 6 atom stereocenters. The molecule has 6 unspecified atom stereocenters. The van der Waals surface area contributed by atoms with E-state index in [1.54, 1.807) is 6.07 Å². The molecule has 1 aromatic carbocycles. The average molecular weight is 381 g/mol. The Kier molecular flexibility index (Phi) is 4.18. The summed E-state index contributed by atoms with van der Waals surface area (Å²) in [6.45, 7) is 2.69. The van der Waals surface area contributed by atoms with Crippen molar-refractivity contribution in [1.29, 1.82) is 0 Å². The highest BCUT2D eigenvalue weighted by Gasteiger charge is 2.60. The fourth-order valence-electron chi connectivity index (χ4n) is 5.93. The second-order valence-electron chi connectivity index (χ2n) is 9.08. The molecule has 2 N–H and O–H groups in total. The lowest BCUT2D eigenvalue weighted by atomic mass is 9.88. The minimum Gasteiger partial charge on any atom is -0.356 e. The van der Waals surface area contributed by atoms with Crippen LogP contribution in [0.1, 0.15) is 37.7 Å². The third kappa shape index (κ3) is 2.99. The topological polar surface area (TPSA) is 78.5 Å². The van der Waals surface area contributed by atoms with E-state index in [4.69, 9.17) is 0 Å². The molecule has 4 fully saturated rings. The number of rotatable bonds is 6. The number of carbonyl (C=O) groups excluding carboxylic acids is 3. The normalized spacial score (nSPS) is 35.1. The summed E-state index contributed by atoms with van der Waals surface area (Å²) in [6.07, 6.45) is 4.65. The van der Waals surface area contributed by atoms with E-state index >= 15 is 0 Å². The Hall–Kier alpha value is -2.37. The molecule has 3 saturated carbocycles. The fraction of sp³-hybridized carbons (Fsp3) is 0.591. The number of hydrogen-bond donors (Lipinski definition) is 2. The van der Waals surface area contributed by atoms with Crippen LogP contribution in [0.2, 0.25) is 0 Å². The second kappa shape index (κ2) is 6.61. The highest BCUT2D eigenvalue weighted by atomic mass is 16.2. The summed E-state index contributed by atoms with van der Waals surface area (Å²) in [7, 11) is 0. The zero-order valence-electron chi connectivity index (χ0n) is 16.2. The summed E-state index contributed by atoms with van der Waals surface area (Å²) in [5.74, 6) is 4.03. The molecule has 1 aromatic rings. The fourth-order valence-corrected chi connectivity index (χ4v) is 5.93. The van der Waals surface area contributed by atoms with E-state index in [0.717, 1.165) is 35.8 Å². The summed E-state index contributed by atoms with van der Waals surface area (Å²) in [5.41, 5.74) is 1.56. The predicted molar refractivity (Wildman–Crippen MR) is 105 cm³/mol. The Balaban J connectivity index is 1.11. The number of imide groups is 1. The number of fused-ring (bicyclic) bond motifs is 5. The molecule has 1 saturated heterocycles. The van der Waals surface area contributed by atoms with Crippen molar-refractivity contribution in [2.45, 2.75) is 45.1 Å². The van der Waals surface area contributed by atoms with E-state index in [-0.39, 0.29) is 18.2 Å². The van der Waals surface area contributed by atoms with Crippen LogP contribution < -0.4 is 15.5 Å². The molecule has 4 aliphatic rings. The molecule has 0 spiro atoms. The molecule has 28 heavy (non-hydrogen) atoms. The largest absolute Gasteiger partial charge is 0.356 e. The van der Waals surface area contributed by atoms with Crippen molar-refractivity contribution in [1.82, 2.24) is 10.6 Å². The molecule has 5 rings (SSSR count). The van der Waals surface area contributed by atoms with Gasteiger partial charge in [0.15, 0.2) is 0 Å². The summed E-state index contributed by atoms with van der Waals surface area (Å²) in [5, 5.41) is 5.79. The van der Waals surface area contributed by atoms with E-state index in [0.29, 0.717) is 18.0 Å². The molecule has 0 radical (unpaired) electrons. The number of benzene rings is 1. The molecule has 2 bridgehead atoms. The maximum atomic E-state index is 12.6. The van der Waals surface area contributed by atoms with Crippen LogP contribution in [-0.2, 0) is 9.59 Å². The van der Waals surface area contributed by atoms with Gasteiger partial charge in [0.2, 0.25) is 5.91 Å². The van der Waals surface area contributed by atoms with Crippen molar-refractivity contribution in [3.05, 3.63) is 29.8 Å². The monoisotopic (exact) mass is 381 g/mol. The maximum absolute atomic E-state index is 12.6. The van der Waals surface area contributed by atoms with Crippen LogP contribution in [0.15, 0.2) is 24.3 Å². The first-order chi connectivity index (χ1) is 13.5. The molecule has 1 heterocycles. The van der Waals surface area contributed by atoms with E-state index in [1.807, 2.05) is 25.1 Å². The van der Waals surface area contributed by atoms with Crippen molar-refractivity contribution >= 4 is 23.5 Å². The van der Waals surface area contributed by atoms with E-state index in [2.05, 4.69) is 10.6 Å². The molecule has 1 aliphatic heterocycles.